The van der Waals surface area contributed by atoms with Crippen LogP contribution in [0.25, 0.3) is 32.5 Å². The number of thiophene rings is 1. The molecule has 182 valence electrons. The molecular formula is C26H31N7OS. The van der Waals surface area contributed by atoms with E-state index in [0.717, 1.165) is 83.6 Å². The summed E-state index contributed by atoms with van der Waals surface area (Å²) < 4.78 is 7.40. The summed E-state index contributed by atoms with van der Waals surface area (Å²) in [5, 5.41) is 10.5. The Kier molecular flexibility index (Phi) is 5.65. The van der Waals surface area contributed by atoms with Gasteiger partial charge in [0.1, 0.15) is 0 Å². The highest BCUT2D eigenvalue weighted by Gasteiger charge is 2.29. The Morgan fingerprint density at radius 1 is 1.00 bits per heavy atom. The molecule has 1 unspecified atom stereocenters. The van der Waals surface area contributed by atoms with Crippen LogP contribution in [0.15, 0.2) is 35.8 Å². The van der Waals surface area contributed by atoms with E-state index >= 15 is 0 Å². The van der Waals surface area contributed by atoms with E-state index in [-0.39, 0.29) is 6.10 Å². The number of rotatable bonds is 6. The lowest BCUT2D eigenvalue weighted by Gasteiger charge is -2.39. The van der Waals surface area contributed by atoms with Crippen molar-refractivity contribution in [3.05, 3.63) is 35.8 Å². The van der Waals surface area contributed by atoms with Crippen molar-refractivity contribution in [2.24, 2.45) is 5.92 Å². The van der Waals surface area contributed by atoms with Gasteiger partial charge in [-0.2, -0.15) is 5.10 Å². The number of hydrogen-bond donors (Lipinski definition) is 1. The minimum absolute atomic E-state index is 0.199. The van der Waals surface area contributed by atoms with Crippen LogP contribution in [0, 0.1) is 5.92 Å². The van der Waals surface area contributed by atoms with Crippen LogP contribution in [0.4, 0.5) is 5.82 Å². The van der Waals surface area contributed by atoms with Crippen molar-refractivity contribution in [2.75, 3.05) is 63.9 Å². The third kappa shape index (κ3) is 4.42. The number of nitrogens with one attached hydrogen (secondary N) is 1. The molecule has 9 heteroatoms. The lowest BCUT2D eigenvalue weighted by atomic mass is 10.1. The number of hydrogen-bond acceptors (Lipinski definition) is 8. The zero-order valence-electron chi connectivity index (χ0n) is 19.9. The molecule has 1 saturated carbocycles. The average molecular weight is 490 g/mol. The van der Waals surface area contributed by atoms with Gasteiger partial charge in [-0.05, 0) is 36.3 Å². The molecule has 2 aliphatic heterocycles. The summed E-state index contributed by atoms with van der Waals surface area (Å²) >= 11 is 1.72. The van der Waals surface area contributed by atoms with Gasteiger partial charge >= 0.3 is 0 Å². The molecule has 8 nitrogen and oxygen atoms in total. The van der Waals surface area contributed by atoms with Crippen molar-refractivity contribution in [3.8, 4) is 11.4 Å². The number of nitrogens with zero attached hydrogens (tertiary/aromatic N) is 6. The van der Waals surface area contributed by atoms with Crippen LogP contribution in [-0.2, 0) is 4.74 Å². The summed E-state index contributed by atoms with van der Waals surface area (Å²) in [6.07, 6.45) is 4.93. The number of aromatic nitrogens is 4. The molecule has 1 aromatic carbocycles. The molecule has 35 heavy (non-hydrogen) atoms. The van der Waals surface area contributed by atoms with E-state index in [1.54, 1.807) is 11.3 Å². The first-order valence-electron chi connectivity index (χ1n) is 12.8. The Bertz CT molecular complexity index is 1320. The zero-order chi connectivity index (χ0) is 23.2. The maximum absolute atomic E-state index is 6.24. The Balaban J connectivity index is 1.11. The molecule has 0 bridgehead atoms. The fourth-order valence-electron chi connectivity index (χ4n) is 5.48. The van der Waals surface area contributed by atoms with Gasteiger partial charge in [-0.3, -0.25) is 10.00 Å². The molecule has 1 N–H and O–H groups in total. The standard InChI is InChI=1S/C26H31N7OS/c1-2-20(21-14-27-30-22(21)3-1)25-28-23-6-13-35-24(23)26(29-25)33-11-12-34-19(17-33)16-32-9-7-31(8-10-32)15-18-4-5-18/h1-3,6,13-14,18-19H,4-5,7-12,15-17H2,(H,27,30). The maximum Gasteiger partial charge on any atom is 0.162 e. The van der Waals surface area contributed by atoms with Crippen molar-refractivity contribution in [2.45, 2.75) is 18.9 Å². The lowest BCUT2D eigenvalue weighted by molar-refractivity contribution is 0.00443. The quantitative estimate of drug-likeness (QED) is 0.445. The lowest BCUT2D eigenvalue weighted by Crippen LogP contribution is -2.53. The molecule has 3 aromatic heterocycles. The summed E-state index contributed by atoms with van der Waals surface area (Å²) in [6.45, 7) is 9.43. The van der Waals surface area contributed by atoms with Gasteiger partial charge in [-0.1, -0.05) is 12.1 Å². The monoisotopic (exact) mass is 489 g/mol. The van der Waals surface area contributed by atoms with Crippen LogP contribution < -0.4 is 4.90 Å². The number of aromatic amines is 1. The van der Waals surface area contributed by atoms with Crippen molar-refractivity contribution in [1.29, 1.82) is 0 Å². The maximum atomic E-state index is 6.24. The van der Waals surface area contributed by atoms with Crippen LogP contribution in [-0.4, -0.2) is 95.0 Å². The van der Waals surface area contributed by atoms with E-state index in [1.165, 1.54) is 32.5 Å². The summed E-state index contributed by atoms with van der Waals surface area (Å²) in [5.41, 5.74) is 3.02. The number of fused-ring (bicyclic) bond motifs is 2. The molecule has 1 aliphatic carbocycles. The molecule has 7 rings (SSSR count). The Morgan fingerprint density at radius 3 is 2.71 bits per heavy atom. The number of morpholine rings is 1. The van der Waals surface area contributed by atoms with E-state index in [9.17, 15) is 0 Å². The second-order valence-corrected chi connectivity index (χ2v) is 11.0. The molecule has 4 aromatic rings. The van der Waals surface area contributed by atoms with Crippen molar-refractivity contribution >= 4 is 38.3 Å². The van der Waals surface area contributed by atoms with Crippen molar-refractivity contribution in [1.82, 2.24) is 30.0 Å². The first kappa shape index (κ1) is 21.7. The predicted octanol–water partition coefficient (Wildman–Crippen LogP) is 3.47. The molecule has 1 atom stereocenters. The average Bonchev–Trinajstić information content (AvgIpc) is 3.36. The van der Waals surface area contributed by atoms with Gasteiger partial charge in [0.05, 0.1) is 34.6 Å². The first-order chi connectivity index (χ1) is 17.3. The molecule has 0 radical (unpaired) electrons. The third-order valence-electron chi connectivity index (χ3n) is 7.59. The SMILES string of the molecule is c1cc(-c2nc(N3CCOC(CN4CCN(CC5CC5)CC4)C3)c3sccc3n2)c2cn[nH]c2c1. The minimum atomic E-state index is 0.199. The summed E-state index contributed by atoms with van der Waals surface area (Å²) in [4.78, 5) is 17.7. The minimum Gasteiger partial charge on any atom is -0.373 e. The van der Waals surface area contributed by atoms with Crippen molar-refractivity contribution < 1.29 is 4.74 Å². The van der Waals surface area contributed by atoms with E-state index in [1.807, 2.05) is 18.3 Å². The van der Waals surface area contributed by atoms with Gasteiger partial charge in [-0.25, -0.2) is 9.97 Å². The van der Waals surface area contributed by atoms with Gasteiger partial charge in [0.2, 0.25) is 0 Å². The summed E-state index contributed by atoms with van der Waals surface area (Å²) in [6, 6.07) is 8.25. The van der Waals surface area contributed by atoms with E-state index < -0.39 is 0 Å². The van der Waals surface area contributed by atoms with Crippen LogP contribution >= 0.6 is 11.3 Å². The van der Waals surface area contributed by atoms with E-state index in [0.29, 0.717) is 0 Å². The molecule has 3 fully saturated rings. The van der Waals surface area contributed by atoms with Gasteiger partial charge in [0, 0.05) is 63.3 Å². The zero-order valence-corrected chi connectivity index (χ0v) is 20.7. The molecule has 5 heterocycles. The predicted molar refractivity (Wildman–Crippen MR) is 140 cm³/mol. The molecule has 3 aliphatic rings. The number of piperazine rings is 1. The first-order valence-corrected chi connectivity index (χ1v) is 13.7. The normalized spacial score (nSPS) is 22.4. The van der Waals surface area contributed by atoms with Crippen molar-refractivity contribution in [3.63, 3.8) is 0 Å². The Labute approximate surface area is 208 Å². The van der Waals surface area contributed by atoms with Crippen LogP contribution in [0.1, 0.15) is 12.8 Å². The van der Waals surface area contributed by atoms with Gasteiger partial charge < -0.3 is 14.5 Å². The smallest absolute Gasteiger partial charge is 0.162 e. The second-order valence-electron chi connectivity index (χ2n) is 10.1. The van der Waals surface area contributed by atoms with Gasteiger partial charge in [-0.15, -0.1) is 11.3 Å². The van der Waals surface area contributed by atoms with Crippen LogP contribution in [0.2, 0.25) is 0 Å². The third-order valence-corrected chi connectivity index (χ3v) is 8.49. The fraction of sp³-hybridized carbons (Fsp3) is 0.500. The van der Waals surface area contributed by atoms with Crippen LogP contribution in [0.5, 0.6) is 0 Å². The topological polar surface area (TPSA) is 73.4 Å². The second kappa shape index (κ2) is 9.13. The fourth-order valence-corrected chi connectivity index (χ4v) is 6.32. The number of H-pyrrole nitrogens is 1. The number of anilines is 1. The van der Waals surface area contributed by atoms with E-state index in [4.69, 9.17) is 14.7 Å². The van der Waals surface area contributed by atoms with E-state index in [2.05, 4.69) is 42.4 Å². The summed E-state index contributed by atoms with van der Waals surface area (Å²) in [5.74, 6) is 2.76. The molecule has 2 saturated heterocycles. The Hall–Kier alpha value is -2.59. The highest BCUT2D eigenvalue weighted by Crippen LogP contribution is 2.34. The number of benzene rings is 1. The molecule has 0 spiro atoms. The summed E-state index contributed by atoms with van der Waals surface area (Å²) in [7, 11) is 0. The van der Waals surface area contributed by atoms with Gasteiger partial charge in [0.15, 0.2) is 11.6 Å². The molecular weight excluding hydrogens is 458 g/mol. The van der Waals surface area contributed by atoms with Gasteiger partial charge in [0.25, 0.3) is 0 Å². The Morgan fingerprint density at radius 2 is 1.86 bits per heavy atom. The highest BCUT2D eigenvalue weighted by atomic mass is 32.1. The number of ether oxygens (including phenoxy) is 1. The highest BCUT2D eigenvalue weighted by molar-refractivity contribution is 7.17. The van der Waals surface area contributed by atoms with Crippen LogP contribution in [0.3, 0.4) is 0 Å². The molecule has 0 amide bonds. The largest absolute Gasteiger partial charge is 0.373 e.